The molecule has 0 aliphatic carbocycles. The smallest absolute Gasteiger partial charge is 0.422 e. The van der Waals surface area contributed by atoms with Gasteiger partial charge in [-0.15, -0.1) is 0 Å². The molecule has 0 aromatic heterocycles. The van der Waals surface area contributed by atoms with E-state index in [-0.39, 0.29) is 5.69 Å². The zero-order valence-corrected chi connectivity index (χ0v) is 14.4. The van der Waals surface area contributed by atoms with Crippen molar-refractivity contribution in [1.82, 2.24) is 5.32 Å². The van der Waals surface area contributed by atoms with Gasteiger partial charge in [0.25, 0.3) is 5.69 Å². The zero-order chi connectivity index (χ0) is 20.1. The molecular weight excluding hydrogens is 357 g/mol. The van der Waals surface area contributed by atoms with E-state index in [2.05, 4.69) is 10.1 Å². The number of benzene rings is 1. The number of alkyl halides is 3. The van der Waals surface area contributed by atoms with Crippen LogP contribution in [-0.2, 0) is 14.3 Å². The van der Waals surface area contributed by atoms with Crippen LogP contribution in [0.1, 0.15) is 32.4 Å². The monoisotopic (exact) mass is 376 g/mol. The number of hydrogen-bond acceptors (Lipinski definition) is 5. The number of nitro groups is 1. The van der Waals surface area contributed by atoms with Crippen molar-refractivity contribution in [3.8, 4) is 0 Å². The maximum Gasteiger partial charge on any atom is 0.422 e. The SMILES string of the molecule is C[C@H](C(=O)N[C@H](C)c1ccc([N+](=O)[O-])cc1)[C@H](C)C(=O)OCC(F)(F)F. The molecular formula is C16H19F3N2O5. The van der Waals surface area contributed by atoms with E-state index >= 15 is 0 Å². The van der Waals surface area contributed by atoms with E-state index in [4.69, 9.17) is 0 Å². The Morgan fingerprint density at radius 3 is 2.15 bits per heavy atom. The molecule has 0 aliphatic rings. The summed E-state index contributed by atoms with van der Waals surface area (Å²) in [5.41, 5.74) is 0.505. The van der Waals surface area contributed by atoms with Crippen molar-refractivity contribution in [2.45, 2.75) is 33.0 Å². The molecule has 0 heterocycles. The molecule has 0 radical (unpaired) electrons. The fourth-order valence-electron chi connectivity index (χ4n) is 2.03. The quantitative estimate of drug-likeness (QED) is 0.448. The van der Waals surface area contributed by atoms with E-state index in [1.165, 1.54) is 38.1 Å². The number of nitrogens with zero attached hydrogens (tertiary/aromatic N) is 1. The average Bonchev–Trinajstić information content (AvgIpc) is 2.57. The number of carbonyl (C=O) groups excluding carboxylic acids is 2. The lowest BCUT2D eigenvalue weighted by molar-refractivity contribution is -0.384. The van der Waals surface area contributed by atoms with Crippen molar-refractivity contribution in [1.29, 1.82) is 0 Å². The fraction of sp³-hybridized carbons (Fsp3) is 0.500. The highest BCUT2D eigenvalue weighted by Crippen LogP contribution is 2.21. The van der Waals surface area contributed by atoms with Crippen molar-refractivity contribution in [2.75, 3.05) is 6.61 Å². The molecule has 0 aliphatic heterocycles. The van der Waals surface area contributed by atoms with Gasteiger partial charge in [0.05, 0.1) is 16.9 Å². The summed E-state index contributed by atoms with van der Waals surface area (Å²) in [6.07, 6.45) is -4.63. The number of nitrogens with one attached hydrogen (secondary N) is 1. The lowest BCUT2D eigenvalue weighted by Crippen LogP contribution is -2.37. The molecule has 26 heavy (non-hydrogen) atoms. The molecule has 0 unspecified atom stereocenters. The minimum atomic E-state index is -4.63. The summed E-state index contributed by atoms with van der Waals surface area (Å²) < 4.78 is 40.4. The molecule has 1 aromatic rings. The summed E-state index contributed by atoms with van der Waals surface area (Å²) in [6, 6.07) is 5.03. The Balaban J connectivity index is 2.64. The van der Waals surface area contributed by atoms with Crippen LogP contribution in [0.15, 0.2) is 24.3 Å². The molecule has 3 atom stereocenters. The second-order valence-electron chi connectivity index (χ2n) is 5.88. The van der Waals surface area contributed by atoms with Gasteiger partial charge in [-0.1, -0.05) is 26.0 Å². The summed E-state index contributed by atoms with van der Waals surface area (Å²) in [5, 5.41) is 13.2. The minimum absolute atomic E-state index is 0.0957. The first kappa shape index (κ1) is 21.4. The van der Waals surface area contributed by atoms with Gasteiger partial charge in [-0.2, -0.15) is 13.2 Å². The Morgan fingerprint density at radius 1 is 1.15 bits per heavy atom. The van der Waals surface area contributed by atoms with Gasteiger partial charge in [-0.05, 0) is 12.5 Å². The summed E-state index contributed by atoms with van der Waals surface area (Å²) in [6.45, 7) is 2.64. The topological polar surface area (TPSA) is 98.5 Å². The number of nitro benzene ring substituents is 1. The van der Waals surface area contributed by atoms with Crippen molar-refractivity contribution in [3.63, 3.8) is 0 Å². The van der Waals surface area contributed by atoms with Gasteiger partial charge in [0.1, 0.15) is 0 Å². The Morgan fingerprint density at radius 2 is 1.69 bits per heavy atom. The van der Waals surface area contributed by atoms with Crippen LogP contribution in [0.3, 0.4) is 0 Å². The standard InChI is InChI=1S/C16H19F3N2O5/c1-9(10(2)15(23)26-8-16(17,18)19)14(22)20-11(3)12-4-6-13(7-5-12)21(24)25/h4-7,9-11H,8H2,1-3H3,(H,20,22)/t9-,10-,11+/m0/s1. The van der Waals surface area contributed by atoms with Gasteiger partial charge in [-0.25, -0.2) is 0 Å². The number of amides is 1. The van der Waals surface area contributed by atoms with Gasteiger partial charge in [0, 0.05) is 18.1 Å². The van der Waals surface area contributed by atoms with E-state index in [0.29, 0.717) is 5.56 Å². The third kappa shape index (κ3) is 6.34. The van der Waals surface area contributed by atoms with Crippen molar-refractivity contribution in [3.05, 3.63) is 39.9 Å². The van der Waals surface area contributed by atoms with Crippen molar-refractivity contribution < 1.29 is 32.4 Å². The molecule has 0 spiro atoms. The fourth-order valence-corrected chi connectivity index (χ4v) is 2.03. The minimum Gasteiger partial charge on any atom is -0.456 e. The van der Waals surface area contributed by atoms with Gasteiger partial charge in [-0.3, -0.25) is 19.7 Å². The lowest BCUT2D eigenvalue weighted by atomic mass is 9.94. The predicted molar refractivity (Wildman–Crippen MR) is 85.0 cm³/mol. The molecule has 0 saturated heterocycles. The normalized spacial score (nSPS) is 14.8. The third-order valence-corrected chi connectivity index (χ3v) is 3.88. The van der Waals surface area contributed by atoms with Crippen LogP contribution in [0.25, 0.3) is 0 Å². The first-order valence-corrected chi connectivity index (χ1v) is 7.70. The average molecular weight is 376 g/mol. The highest BCUT2D eigenvalue weighted by atomic mass is 19.4. The molecule has 1 amide bonds. The molecule has 7 nitrogen and oxygen atoms in total. The first-order valence-electron chi connectivity index (χ1n) is 7.70. The highest BCUT2D eigenvalue weighted by molar-refractivity contribution is 5.85. The van der Waals surface area contributed by atoms with Crippen molar-refractivity contribution >= 4 is 17.6 Å². The van der Waals surface area contributed by atoms with Gasteiger partial charge in [0.15, 0.2) is 6.61 Å². The number of esters is 1. The zero-order valence-electron chi connectivity index (χ0n) is 14.4. The van der Waals surface area contributed by atoms with Gasteiger partial charge in [0.2, 0.25) is 5.91 Å². The number of ether oxygens (including phenoxy) is 1. The second-order valence-corrected chi connectivity index (χ2v) is 5.88. The van der Waals surface area contributed by atoms with Crippen LogP contribution in [0.5, 0.6) is 0 Å². The Kier molecular flexibility index (Phi) is 7.10. The summed E-state index contributed by atoms with van der Waals surface area (Å²) >= 11 is 0. The third-order valence-electron chi connectivity index (χ3n) is 3.88. The van der Waals surface area contributed by atoms with Crippen LogP contribution in [0, 0.1) is 22.0 Å². The number of non-ortho nitro benzene ring substituents is 1. The largest absolute Gasteiger partial charge is 0.456 e. The van der Waals surface area contributed by atoms with Crippen molar-refractivity contribution in [2.24, 2.45) is 11.8 Å². The molecule has 144 valence electrons. The number of hydrogen-bond donors (Lipinski definition) is 1. The molecule has 1 aromatic carbocycles. The highest BCUT2D eigenvalue weighted by Gasteiger charge is 2.33. The molecule has 1 N–H and O–H groups in total. The van der Waals surface area contributed by atoms with Crippen LogP contribution in [0.4, 0.5) is 18.9 Å². The Labute approximate surface area is 147 Å². The lowest BCUT2D eigenvalue weighted by Gasteiger charge is -2.21. The molecule has 1 rings (SSSR count). The molecule has 10 heteroatoms. The first-order chi connectivity index (χ1) is 11.9. The van der Waals surface area contributed by atoms with Crippen LogP contribution < -0.4 is 5.32 Å². The summed E-state index contributed by atoms with van der Waals surface area (Å²) in [4.78, 5) is 33.9. The Hall–Kier alpha value is -2.65. The second kappa shape index (κ2) is 8.63. The van der Waals surface area contributed by atoms with Crippen LogP contribution in [-0.4, -0.2) is 29.6 Å². The predicted octanol–water partition coefficient (Wildman–Crippen LogP) is 3.15. The molecule has 0 fully saturated rings. The van der Waals surface area contributed by atoms with Crippen LogP contribution >= 0.6 is 0 Å². The number of rotatable bonds is 7. The van der Waals surface area contributed by atoms with E-state index in [9.17, 15) is 32.9 Å². The summed E-state index contributed by atoms with van der Waals surface area (Å²) in [5.74, 6) is -3.65. The maximum atomic E-state index is 12.2. The summed E-state index contributed by atoms with van der Waals surface area (Å²) in [7, 11) is 0. The number of carbonyl (C=O) groups is 2. The van der Waals surface area contributed by atoms with E-state index in [1.54, 1.807) is 6.92 Å². The molecule has 0 saturated carbocycles. The molecule has 0 bridgehead atoms. The maximum absolute atomic E-state index is 12.2. The van der Waals surface area contributed by atoms with E-state index in [0.717, 1.165) is 0 Å². The number of halogens is 3. The van der Waals surface area contributed by atoms with Gasteiger partial charge < -0.3 is 10.1 Å². The van der Waals surface area contributed by atoms with Crippen LogP contribution in [0.2, 0.25) is 0 Å². The van der Waals surface area contributed by atoms with E-state index < -0.39 is 47.5 Å². The Bertz CT molecular complexity index is 661. The van der Waals surface area contributed by atoms with E-state index in [1.807, 2.05) is 0 Å². The van der Waals surface area contributed by atoms with Gasteiger partial charge >= 0.3 is 12.1 Å².